The fraction of sp³-hybridized carbons (Fsp3) is 0.735. The first-order chi connectivity index (χ1) is 54.0. The van der Waals surface area contributed by atoms with Gasteiger partial charge in [0.1, 0.15) is 24.0 Å². The molecule has 17 nitrogen and oxygen atoms in total. The van der Waals surface area contributed by atoms with Crippen molar-refractivity contribution >= 4 is 63.3 Å². The lowest BCUT2D eigenvalue weighted by Crippen LogP contribution is -2.65. The van der Waals surface area contributed by atoms with Gasteiger partial charge in [0.15, 0.2) is 40.5 Å². The van der Waals surface area contributed by atoms with Crippen molar-refractivity contribution in [2.45, 2.75) is 307 Å². The number of nitriles is 3. The van der Waals surface area contributed by atoms with Gasteiger partial charge in [-0.25, -0.2) is 4.79 Å². The number of carbonyl (C=O) groups is 8. The number of Topliss-reactive ketones (excluding diaryl/α,β-unsaturated/α-hetero) is 3. The highest BCUT2D eigenvalue weighted by Crippen LogP contribution is 2.80. The van der Waals surface area contributed by atoms with Crippen molar-refractivity contribution in [3.63, 3.8) is 0 Å². The van der Waals surface area contributed by atoms with E-state index in [2.05, 4.69) is 132 Å². The van der Waals surface area contributed by atoms with E-state index in [0.717, 1.165) is 138 Å². The summed E-state index contributed by atoms with van der Waals surface area (Å²) in [6, 6.07) is 6.53. The molecule has 626 valence electrons. The number of nitrogens with zero attached hydrogens (tertiary/aromatic N) is 6. The highest BCUT2D eigenvalue weighted by molar-refractivity contribution is 6.64. The van der Waals surface area contributed by atoms with Gasteiger partial charge in [-0.3, -0.25) is 33.6 Å². The Bertz CT molecular complexity index is 4860. The van der Waals surface area contributed by atoms with Crippen LogP contribution in [0.2, 0.25) is 0 Å². The van der Waals surface area contributed by atoms with Crippen LogP contribution in [-0.2, 0) is 48.6 Å². The average molecular weight is 1610 g/mol. The average Bonchev–Trinajstić information content (AvgIpc) is 0.942. The smallest absolute Gasteiger partial charge is 0.341 e. The van der Waals surface area contributed by atoms with Crippen molar-refractivity contribution in [3.05, 3.63) is 81.6 Å². The van der Waals surface area contributed by atoms with Gasteiger partial charge in [0.2, 0.25) is 11.1 Å². The molecule has 16 rings (SSSR count). The van der Waals surface area contributed by atoms with Crippen LogP contribution >= 0.6 is 11.6 Å². The summed E-state index contributed by atoms with van der Waals surface area (Å²) in [6.07, 6.45) is 29.2. The molecule has 15 aliphatic rings. The number of oxime groups is 1. The Kier molecular flexibility index (Phi) is 19.9. The molecule has 18 heteroatoms. The zero-order valence-electron chi connectivity index (χ0n) is 75.2. The van der Waals surface area contributed by atoms with Crippen LogP contribution in [0.5, 0.6) is 0 Å². The molecule has 0 spiro atoms. The summed E-state index contributed by atoms with van der Waals surface area (Å²) < 4.78 is 11.6. The van der Waals surface area contributed by atoms with E-state index in [1.807, 2.05) is 84.9 Å². The molecule has 1 aromatic heterocycles. The van der Waals surface area contributed by atoms with Crippen LogP contribution in [0.25, 0.3) is 0 Å². The third-order valence-corrected chi connectivity index (χ3v) is 38.0. The fourth-order valence-electron chi connectivity index (χ4n) is 30.7. The molecule has 0 radical (unpaired) electrons. The Balaban J connectivity index is 0.000000151. The van der Waals surface area contributed by atoms with Crippen molar-refractivity contribution in [2.24, 2.45) is 156 Å². The molecule has 1 heterocycles. The quantitative estimate of drug-likeness (QED) is 0.0963. The van der Waals surface area contributed by atoms with Gasteiger partial charge in [-0.1, -0.05) is 198 Å². The van der Waals surface area contributed by atoms with Crippen LogP contribution < -0.4 is 5.73 Å². The molecule has 9 fully saturated rings. The second-order valence-electron chi connectivity index (χ2n) is 45.8. The first-order valence-electron chi connectivity index (χ1n) is 44.3. The minimum Gasteiger partial charge on any atom is -0.385 e. The molecule has 0 unspecified atom stereocenters. The Morgan fingerprint density at radius 3 is 1.15 bits per heavy atom. The van der Waals surface area contributed by atoms with E-state index in [0.29, 0.717) is 25.1 Å². The summed E-state index contributed by atoms with van der Waals surface area (Å²) in [7, 11) is 1.25. The summed E-state index contributed by atoms with van der Waals surface area (Å²) in [4.78, 5) is 120. The minimum atomic E-state index is -0.774. The molecule has 0 amide bonds. The molecule has 116 heavy (non-hydrogen) atoms. The number of aromatic nitrogens is 2. The monoisotopic (exact) mass is 1600 g/mol. The molecule has 21 atom stereocenters. The third-order valence-electron chi connectivity index (χ3n) is 37.6. The fourth-order valence-corrected chi connectivity index (χ4v) is 31.0. The normalized spacial score (nSPS) is 44.4. The van der Waals surface area contributed by atoms with Crippen LogP contribution in [0.15, 0.2) is 79.6 Å². The number of halogens is 1. The molecule has 1 aromatic rings. The Morgan fingerprint density at radius 1 is 0.491 bits per heavy atom. The van der Waals surface area contributed by atoms with Crippen LogP contribution in [-0.4, -0.2) is 61.9 Å². The minimum absolute atomic E-state index is 0.000474. The maximum atomic E-state index is 14.6. The number of carbonyl (C=O) groups excluding carboxylic acids is 8. The van der Waals surface area contributed by atoms with E-state index in [4.69, 9.17) is 33.1 Å². The van der Waals surface area contributed by atoms with Crippen molar-refractivity contribution in [2.75, 3.05) is 0 Å². The van der Waals surface area contributed by atoms with Gasteiger partial charge in [-0.2, -0.15) is 20.8 Å². The van der Waals surface area contributed by atoms with Crippen LogP contribution in [0, 0.1) is 186 Å². The topological polar surface area (TPSA) is 294 Å². The lowest BCUT2D eigenvalue weighted by Gasteiger charge is -2.68. The second kappa shape index (κ2) is 27.0. The molecule has 0 aromatic carbocycles. The highest BCUT2D eigenvalue weighted by Gasteiger charge is 2.76. The van der Waals surface area contributed by atoms with E-state index in [1.165, 1.54) is 7.40 Å². The van der Waals surface area contributed by atoms with E-state index < -0.39 is 43.3 Å². The first kappa shape index (κ1) is 85.4. The van der Waals surface area contributed by atoms with E-state index in [1.54, 1.807) is 6.92 Å². The molecular weight excluding hydrogens is 1470 g/mol. The van der Waals surface area contributed by atoms with E-state index in [9.17, 15) is 54.1 Å². The molecule has 15 aliphatic carbocycles. The molecular formula is C98H132ClN7O10. The van der Waals surface area contributed by atoms with Crippen LogP contribution in [0.3, 0.4) is 0 Å². The number of aryl methyl sites for hydroxylation is 1. The lowest BCUT2D eigenvalue weighted by molar-refractivity contribution is -0.193. The Labute approximate surface area is 697 Å². The number of allylic oxidation sites excluding steroid dienone is 12. The summed E-state index contributed by atoms with van der Waals surface area (Å²) in [6.45, 7) is 49.3. The van der Waals surface area contributed by atoms with Gasteiger partial charge < -0.3 is 15.1 Å². The van der Waals surface area contributed by atoms with Gasteiger partial charge in [-0.15, -0.1) is 0 Å². The second-order valence-corrected chi connectivity index (χ2v) is 46.1. The van der Waals surface area contributed by atoms with Crippen molar-refractivity contribution in [1.29, 1.82) is 15.8 Å². The maximum Gasteiger partial charge on any atom is 0.341 e. The number of fused-ring (bicyclic) bond motifs is 21. The van der Waals surface area contributed by atoms with Gasteiger partial charge in [0.25, 0.3) is 0 Å². The highest BCUT2D eigenvalue weighted by atomic mass is 35.5. The number of hydrogen-bond donors (Lipinski definition) is 1. The summed E-state index contributed by atoms with van der Waals surface area (Å²) in [5, 5.41) is 37.4. The molecule has 9 saturated carbocycles. The Morgan fingerprint density at radius 2 is 0.802 bits per heavy atom. The van der Waals surface area contributed by atoms with Crippen molar-refractivity contribution in [3.8, 4) is 18.2 Å². The van der Waals surface area contributed by atoms with E-state index >= 15 is 0 Å². The first-order valence-corrected chi connectivity index (χ1v) is 43.7. The number of rotatable bonds is 4. The number of ketones is 6. The maximum absolute atomic E-state index is 14.6. The summed E-state index contributed by atoms with van der Waals surface area (Å²) in [5.74, 6) is 0.594. The van der Waals surface area contributed by atoms with Crippen LogP contribution in [0.1, 0.15) is 308 Å². The van der Waals surface area contributed by atoms with Gasteiger partial charge in [-0.05, 0) is 263 Å². The number of hydrogen-bond acceptors (Lipinski definition) is 16. The SMILES string of the molecule is CC(N)=NOC(=O)[C@]12CCC(C)(C)C[C@H]1[C@H]1C(=O)C=C3[C@@]4(C)C=C(C#N)C(=O)C(C)(C)[C@@H]4CC[C@@]3(C)[C@]1(C)CC2.CC1(C)CC[C@]2(C(=O)Cl)CC[C@]3(C)[C@H](C(=O)C=C4[C@@]5(C)C=C(C#N)C(=O)C(C)(C)[C@@H]5CC[C@]43C)[C@@H]2C1.Cc1noc([C@]23CCC(C)(C)C[C@H]2[C@H]2C(=O)C=C4[C@@]5(C)C=C(C#N)C(=O)C(C)(C)[C@@H]5CC[C@@]4(C)[C@]2(C)CC3)n1.[3H]C. The van der Waals surface area contributed by atoms with E-state index in [-0.39, 0.29) is 176 Å². The number of amidine groups is 1. The van der Waals surface area contributed by atoms with Crippen LogP contribution in [0.4, 0.5) is 0 Å². The lowest BCUT2D eigenvalue weighted by atomic mass is 9.34. The third kappa shape index (κ3) is 11.6. The zero-order chi connectivity index (χ0) is 86.8. The summed E-state index contributed by atoms with van der Waals surface area (Å²) >= 11 is 6.36. The largest absolute Gasteiger partial charge is 0.385 e. The predicted molar refractivity (Wildman–Crippen MR) is 446 cm³/mol. The van der Waals surface area contributed by atoms with Gasteiger partial charge >= 0.3 is 5.97 Å². The molecule has 0 saturated heterocycles. The zero-order valence-corrected chi connectivity index (χ0v) is 75.0. The van der Waals surface area contributed by atoms with Gasteiger partial charge in [0.05, 0.1) is 27.5 Å². The molecule has 0 aliphatic heterocycles. The predicted octanol–water partition coefficient (Wildman–Crippen LogP) is 20.5. The van der Waals surface area contributed by atoms with Crippen molar-refractivity contribution < 1.29 is 49.1 Å². The van der Waals surface area contributed by atoms with Gasteiger partial charge in [0, 0.05) is 57.0 Å². The number of nitrogens with two attached hydrogens (primary N) is 1. The standard InChI is InChI=1S/C33H45N3O4.C33H43N3O3.C31H40ClNO3.CH4/c1-19(35)36-40-27(39)33-13-11-28(2,3)17-21(33)25-22(37)15-24-30(6)16-20(18-34)26(38)29(4,5)23(30)9-10-31(24,7)32(25,8)12-14-33;1-19-35-27(39-36-19)33-13-11-28(2,3)17-21(33)25-22(37)15-24-30(6)16-20(18-34)26(38)29(4,5)23(30)9-10-31(24,7)32(25,8)12-14-33;1-26(2)10-12-31(25(32)36)13-11-30(7)23(19(31)16-26)20(34)14-22-28(5)15-18(17-33)24(35)27(3,4)21(28)8-9-29(22,30)6;/h15-16,21,23,25H,9-14,17H2,1-8H3,(H2,35,36);15-16,21,23,25H,9-14,17H2,1-8H3;14-15,19,21,23H,8-13,16H2,1-7H3;1H4/t2*21-,23-,25-,30-,31+,32+,33-;19-,21-,23-,28-,29+,30+,31-;/m000./s1/i;;;1T. The Hall–Kier alpha value is -7.03. The van der Waals surface area contributed by atoms with Crippen molar-refractivity contribution in [1.82, 2.24) is 10.1 Å². The molecule has 2 N–H and O–H groups in total. The molecule has 0 bridgehead atoms. The summed E-state index contributed by atoms with van der Waals surface area (Å²) in [5.41, 5.74) is 2.75.